The number of hydrogen-bond acceptors (Lipinski definition) is 15. The second-order valence-corrected chi connectivity index (χ2v) is 21.4. The van der Waals surface area contributed by atoms with E-state index in [2.05, 4.69) is 36.2 Å². The molecule has 6 unspecified atom stereocenters. The summed E-state index contributed by atoms with van der Waals surface area (Å²) in [5, 5.41) is 33.8. The summed E-state index contributed by atoms with van der Waals surface area (Å²) in [6.45, 7) is 7.13. The van der Waals surface area contributed by atoms with Crippen LogP contribution in [0.25, 0.3) is 44.1 Å². The summed E-state index contributed by atoms with van der Waals surface area (Å²) in [6, 6.07) is 16.0. The van der Waals surface area contributed by atoms with Crippen LogP contribution in [0.2, 0.25) is 5.02 Å². The lowest BCUT2D eigenvalue weighted by molar-refractivity contribution is -0.144. The molecule has 23 heteroatoms. The van der Waals surface area contributed by atoms with Crippen LogP contribution in [-0.4, -0.2) is 129 Å². The third kappa shape index (κ3) is 10.6. The predicted molar refractivity (Wildman–Crippen MR) is 290 cm³/mol. The maximum atomic E-state index is 15.8. The second-order valence-electron chi connectivity index (χ2n) is 21.0. The van der Waals surface area contributed by atoms with Crippen molar-refractivity contribution in [2.24, 2.45) is 16.3 Å². The first-order chi connectivity index (χ1) is 38.6. The summed E-state index contributed by atoms with van der Waals surface area (Å²) in [5.41, 5.74) is 3.19. The number of rotatable bonds is 18. The Morgan fingerprint density at radius 1 is 0.975 bits per heavy atom. The molecule has 11 rings (SSSR count). The normalized spacial score (nSPS) is 19.7. The Morgan fingerprint density at radius 3 is 2.48 bits per heavy atom. The number of aromatic nitrogens is 5. The number of hydrogen-bond donors (Lipinski definition) is 4. The van der Waals surface area contributed by atoms with Gasteiger partial charge in [0.2, 0.25) is 11.8 Å². The van der Waals surface area contributed by atoms with Crippen molar-refractivity contribution in [2.75, 3.05) is 58.0 Å². The second kappa shape index (κ2) is 22.5. The predicted octanol–water partition coefficient (Wildman–Crippen LogP) is 9.10. The fraction of sp³-hybridized carbons (Fsp3) is 0.404. The van der Waals surface area contributed by atoms with Gasteiger partial charge >= 0.3 is 12.2 Å². The van der Waals surface area contributed by atoms with Crippen LogP contribution in [-0.2, 0) is 27.1 Å². The van der Waals surface area contributed by atoms with Crippen molar-refractivity contribution < 1.29 is 46.5 Å². The Bertz CT molecular complexity index is 3480. The van der Waals surface area contributed by atoms with Gasteiger partial charge in [0.15, 0.2) is 5.75 Å². The average molecular weight is 1120 g/mol. The molecule has 7 aromatic rings. The van der Waals surface area contributed by atoms with Crippen LogP contribution in [0.5, 0.6) is 11.8 Å². The number of aliphatic hydroxyl groups excluding tert-OH is 1. The van der Waals surface area contributed by atoms with E-state index in [1.165, 1.54) is 13.3 Å². The van der Waals surface area contributed by atoms with Gasteiger partial charge in [0.05, 0.1) is 48.1 Å². The minimum atomic E-state index is -5.02. The van der Waals surface area contributed by atoms with Crippen molar-refractivity contribution in [1.82, 2.24) is 45.7 Å². The van der Waals surface area contributed by atoms with E-state index in [0.29, 0.717) is 38.0 Å². The molecule has 0 aliphatic carbocycles. The first-order valence-corrected chi connectivity index (χ1v) is 27.0. The Kier molecular flexibility index (Phi) is 15.3. The number of likely N-dealkylation sites (tertiary alicyclic amines) is 1. The fourth-order valence-corrected chi connectivity index (χ4v) is 11.8. The molecular formula is C57H59ClF4N12O6. The molecule has 4 aliphatic heterocycles. The average Bonchev–Trinajstić information content (AvgIpc) is 4.36. The topological polar surface area (TPSA) is 208 Å². The maximum Gasteiger partial charge on any atom is 0.417 e. The molecule has 2 bridgehead atoms. The summed E-state index contributed by atoms with van der Waals surface area (Å²) < 4.78 is 80.8. The van der Waals surface area contributed by atoms with Gasteiger partial charge in [-0.15, -0.1) is 0 Å². The third-order valence-electron chi connectivity index (χ3n) is 15.5. The summed E-state index contributed by atoms with van der Waals surface area (Å²) in [5.74, 6) is -1.91. The molecule has 0 spiro atoms. The smallest absolute Gasteiger partial charge is 0.417 e. The molecule has 418 valence electrons. The number of anilines is 1. The van der Waals surface area contributed by atoms with E-state index in [1.807, 2.05) is 68.1 Å². The molecule has 3 fully saturated rings. The molecule has 4 aromatic carbocycles. The molecule has 0 radical (unpaired) electrons. The van der Waals surface area contributed by atoms with E-state index in [4.69, 9.17) is 35.8 Å². The van der Waals surface area contributed by atoms with Crippen molar-refractivity contribution in [1.29, 1.82) is 0 Å². The van der Waals surface area contributed by atoms with Crippen molar-refractivity contribution in [3.8, 4) is 34.0 Å². The van der Waals surface area contributed by atoms with Gasteiger partial charge in [-0.3, -0.25) is 24.7 Å². The highest BCUT2D eigenvalue weighted by Crippen LogP contribution is 2.52. The van der Waals surface area contributed by atoms with Gasteiger partial charge in [0, 0.05) is 79.2 Å². The van der Waals surface area contributed by atoms with Crippen LogP contribution < -0.4 is 25.0 Å². The molecule has 3 aromatic heterocycles. The number of alkyl halides is 3. The van der Waals surface area contributed by atoms with Crippen molar-refractivity contribution in [3.63, 3.8) is 0 Å². The summed E-state index contributed by atoms with van der Waals surface area (Å²) in [6.07, 6.45) is 1.63. The summed E-state index contributed by atoms with van der Waals surface area (Å²) >= 11 is 6.68. The van der Waals surface area contributed by atoms with E-state index in [0.717, 1.165) is 46.4 Å². The molecule has 4 N–H and O–H groups in total. The van der Waals surface area contributed by atoms with Gasteiger partial charge in [-0.2, -0.15) is 33.4 Å². The zero-order valence-electron chi connectivity index (χ0n) is 44.3. The zero-order chi connectivity index (χ0) is 56.0. The number of fused-ring (bicyclic) bond motifs is 4. The third-order valence-corrected chi connectivity index (χ3v) is 15.9. The molecule has 3 saturated heterocycles. The van der Waals surface area contributed by atoms with Crippen LogP contribution in [0.1, 0.15) is 73.0 Å². The number of benzene rings is 4. The number of H-pyrrole nitrogens is 1. The number of ether oxygens (including phenoxy) is 3. The minimum Gasteiger partial charge on any atom is -0.486 e. The first-order valence-electron chi connectivity index (χ1n) is 26.6. The summed E-state index contributed by atoms with van der Waals surface area (Å²) in [7, 11) is 1.50. The number of amides is 2. The molecule has 4 aliphatic rings. The highest BCUT2D eigenvalue weighted by Gasteiger charge is 2.45. The molecule has 6 atom stereocenters. The number of methoxy groups -OCH3 is 1. The van der Waals surface area contributed by atoms with Gasteiger partial charge < -0.3 is 39.8 Å². The van der Waals surface area contributed by atoms with Crippen molar-refractivity contribution in [2.45, 2.75) is 89.1 Å². The quantitative estimate of drug-likeness (QED) is 0.0468. The van der Waals surface area contributed by atoms with Crippen LogP contribution >= 0.6 is 11.6 Å². The highest BCUT2D eigenvalue weighted by atomic mass is 35.5. The molecule has 18 nitrogen and oxygen atoms in total. The number of aryl methyl sites for hydroxylation is 1. The molecule has 7 heterocycles. The van der Waals surface area contributed by atoms with Gasteiger partial charge in [0.1, 0.15) is 48.5 Å². The van der Waals surface area contributed by atoms with E-state index in [1.54, 1.807) is 34.4 Å². The Morgan fingerprint density at radius 2 is 1.77 bits per heavy atom. The Hall–Kier alpha value is -7.53. The van der Waals surface area contributed by atoms with Crippen molar-refractivity contribution >= 4 is 51.0 Å². The fourth-order valence-electron chi connectivity index (χ4n) is 11.5. The zero-order valence-corrected chi connectivity index (χ0v) is 45.1. The Balaban J connectivity index is 0.841. The molecule has 0 saturated carbocycles. The SMILES string of the molecule is COCCOc1nc(N2CC3CC2CN3)c2cc(C(F)(F)F)c(-c3c(Cl)c(F)cc4[nH]ncc34)c(OCc3ccc(C4CN(C(C(=O)N5CCCC5C(=O)NC(CO)c5ccc(-c6ccncc6C)cc5)C(C)C)N=N4)cc3)c2n1. The number of pyridine rings is 1. The summed E-state index contributed by atoms with van der Waals surface area (Å²) in [4.78, 5) is 45.7. The van der Waals surface area contributed by atoms with Gasteiger partial charge in [-0.1, -0.05) is 79.2 Å². The van der Waals surface area contributed by atoms with E-state index in [9.17, 15) is 14.7 Å². The lowest BCUT2D eigenvalue weighted by atomic mass is 9.93. The first kappa shape index (κ1) is 54.4. The number of aromatic amines is 1. The minimum absolute atomic E-state index is 0.0101. The number of aliphatic hydroxyl groups is 1. The number of carbonyl (C=O) groups excluding carboxylic acids is 2. The van der Waals surface area contributed by atoms with Crippen LogP contribution in [0.15, 0.2) is 95.7 Å². The van der Waals surface area contributed by atoms with Gasteiger partial charge in [-0.25, -0.2) is 4.39 Å². The number of nitrogens with zero attached hydrogens (tertiary/aromatic N) is 9. The number of halogens is 5. The highest BCUT2D eigenvalue weighted by molar-refractivity contribution is 6.35. The van der Waals surface area contributed by atoms with Gasteiger partial charge in [-0.05, 0) is 77.6 Å². The Labute approximate surface area is 462 Å². The number of piperazine rings is 1. The van der Waals surface area contributed by atoms with E-state index < -0.39 is 52.3 Å². The van der Waals surface area contributed by atoms with E-state index in [-0.39, 0.29) is 108 Å². The molecule has 80 heavy (non-hydrogen) atoms. The van der Waals surface area contributed by atoms with Gasteiger partial charge in [0.25, 0.3) is 0 Å². The number of carbonyl (C=O) groups is 2. The van der Waals surface area contributed by atoms with E-state index >= 15 is 17.6 Å². The number of nitrogens with one attached hydrogen (secondary N) is 3. The van der Waals surface area contributed by atoms with Crippen molar-refractivity contribution in [3.05, 3.63) is 124 Å². The van der Waals surface area contributed by atoms with Crippen LogP contribution in [0.3, 0.4) is 0 Å². The molecular weight excluding hydrogens is 1060 g/mol. The standard InChI is InChI=1S/C57H59ClF4N12O6/c1-30(2)51(55(77)72-17-5-6-46(72)54(76)66-45(28-75)35-13-11-33(12-14-35)38-15-16-63-23-31(38)3)74-27-44(70-71-74)34-9-7-32(8-10-34)29-80-52-48(47-40-25-65-69-43(40)22-42(59)49(47)58)41(57(60,61)62)21-39-50(52)67-56(79-19-18-78-4)68-53(39)73-26-36-20-37(73)24-64-36/h7-16,21-23,25,30,36-37,44-46,51,64,75H,5-6,17-20,24,26-29H2,1-4H3,(H,65,69)(H,66,76). The molecule has 2 amide bonds. The lowest BCUT2D eigenvalue weighted by Crippen LogP contribution is -2.54. The lowest BCUT2D eigenvalue weighted by Gasteiger charge is -2.34. The largest absolute Gasteiger partial charge is 0.486 e. The van der Waals surface area contributed by atoms with Crippen LogP contribution in [0, 0.1) is 18.7 Å². The monoisotopic (exact) mass is 1120 g/mol. The maximum absolute atomic E-state index is 15.8. The van der Waals surface area contributed by atoms with Crippen LogP contribution in [0.4, 0.5) is 23.4 Å².